The molecule has 0 saturated carbocycles. The van der Waals surface area contributed by atoms with Crippen LogP contribution < -0.4 is 15.8 Å². The van der Waals surface area contributed by atoms with Crippen LogP contribution >= 0.6 is 11.6 Å². The number of hydrogen-bond donors (Lipinski definition) is 3. The number of rotatable bonds is 4. The van der Waals surface area contributed by atoms with E-state index in [4.69, 9.17) is 21.5 Å². The first-order valence-corrected chi connectivity index (χ1v) is 9.31. The topological polar surface area (TPSA) is 114 Å². The SMILES string of the molecule is CN1CCOC[C@@H](CNC(=O)Nc2cc(S(N)(=O)=O)ccc2Cl)C1. The lowest BCUT2D eigenvalue weighted by atomic mass is 10.1. The molecule has 134 valence electrons. The van der Waals surface area contributed by atoms with Crippen molar-refractivity contribution >= 4 is 33.3 Å². The number of amides is 2. The minimum absolute atomic E-state index is 0.124. The van der Waals surface area contributed by atoms with Crippen LogP contribution in [0, 0.1) is 5.92 Å². The molecular formula is C14H21ClN4O4S. The van der Waals surface area contributed by atoms with Crippen molar-refractivity contribution in [1.29, 1.82) is 0 Å². The molecular weight excluding hydrogens is 356 g/mol. The number of carbonyl (C=O) groups is 1. The summed E-state index contributed by atoms with van der Waals surface area (Å²) in [5.41, 5.74) is 0.176. The van der Waals surface area contributed by atoms with Gasteiger partial charge in [0.05, 0.1) is 28.8 Å². The fourth-order valence-electron chi connectivity index (χ4n) is 2.36. The van der Waals surface area contributed by atoms with Gasteiger partial charge in [0.2, 0.25) is 10.0 Å². The molecule has 10 heteroatoms. The van der Waals surface area contributed by atoms with Crippen LogP contribution in [0.25, 0.3) is 0 Å². The van der Waals surface area contributed by atoms with Crippen molar-refractivity contribution in [2.45, 2.75) is 4.90 Å². The van der Waals surface area contributed by atoms with Gasteiger partial charge in [-0.05, 0) is 25.2 Å². The normalized spacial score (nSPS) is 19.5. The summed E-state index contributed by atoms with van der Waals surface area (Å²) in [6.45, 7) is 3.37. The van der Waals surface area contributed by atoms with Gasteiger partial charge in [-0.1, -0.05) is 11.6 Å². The van der Waals surface area contributed by atoms with Crippen molar-refractivity contribution in [3.63, 3.8) is 0 Å². The van der Waals surface area contributed by atoms with E-state index in [1.54, 1.807) is 0 Å². The molecule has 0 unspecified atom stereocenters. The lowest BCUT2D eigenvalue weighted by Gasteiger charge is -2.19. The van der Waals surface area contributed by atoms with Crippen LogP contribution in [0.3, 0.4) is 0 Å². The first-order valence-electron chi connectivity index (χ1n) is 7.39. The zero-order chi connectivity index (χ0) is 17.7. The molecule has 0 spiro atoms. The van der Waals surface area contributed by atoms with Crippen molar-refractivity contribution in [3.8, 4) is 0 Å². The third kappa shape index (κ3) is 5.60. The van der Waals surface area contributed by atoms with Gasteiger partial charge in [-0.25, -0.2) is 18.4 Å². The average Bonchev–Trinajstić information content (AvgIpc) is 2.70. The van der Waals surface area contributed by atoms with Crippen molar-refractivity contribution in [2.24, 2.45) is 11.1 Å². The van der Waals surface area contributed by atoms with E-state index < -0.39 is 16.1 Å². The summed E-state index contributed by atoms with van der Waals surface area (Å²) in [6, 6.07) is 3.39. The van der Waals surface area contributed by atoms with Crippen molar-refractivity contribution in [2.75, 3.05) is 45.2 Å². The molecule has 1 aromatic rings. The number of nitrogens with one attached hydrogen (secondary N) is 2. The first kappa shape index (κ1) is 18.9. The molecule has 1 aliphatic heterocycles. The minimum Gasteiger partial charge on any atom is -0.380 e. The third-order valence-electron chi connectivity index (χ3n) is 3.61. The van der Waals surface area contributed by atoms with Crippen molar-refractivity contribution < 1.29 is 17.9 Å². The van der Waals surface area contributed by atoms with Crippen LogP contribution in [0.4, 0.5) is 10.5 Å². The monoisotopic (exact) mass is 376 g/mol. The molecule has 4 N–H and O–H groups in total. The van der Waals surface area contributed by atoms with E-state index in [2.05, 4.69) is 15.5 Å². The Kier molecular flexibility index (Phi) is 6.41. The molecule has 0 bridgehead atoms. The molecule has 0 radical (unpaired) electrons. The Morgan fingerprint density at radius 2 is 2.25 bits per heavy atom. The number of primary sulfonamides is 1. The van der Waals surface area contributed by atoms with Crippen LogP contribution in [-0.2, 0) is 14.8 Å². The quantitative estimate of drug-likeness (QED) is 0.715. The third-order valence-corrected chi connectivity index (χ3v) is 4.85. The number of likely N-dealkylation sites (N-methyl/N-ethyl adjacent to an activating group) is 1. The second kappa shape index (κ2) is 8.13. The van der Waals surface area contributed by atoms with Gasteiger partial charge < -0.3 is 20.3 Å². The Balaban J connectivity index is 1.94. The number of anilines is 1. The zero-order valence-electron chi connectivity index (χ0n) is 13.3. The average molecular weight is 377 g/mol. The Morgan fingerprint density at radius 3 is 2.96 bits per heavy atom. The summed E-state index contributed by atoms with van der Waals surface area (Å²) < 4.78 is 28.2. The number of benzene rings is 1. The van der Waals surface area contributed by atoms with Gasteiger partial charge in [0.15, 0.2) is 0 Å². The lowest BCUT2D eigenvalue weighted by molar-refractivity contribution is 0.122. The number of urea groups is 1. The lowest BCUT2D eigenvalue weighted by Crippen LogP contribution is -2.37. The highest BCUT2D eigenvalue weighted by molar-refractivity contribution is 7.89. The van der Waals surface area contributed by atoms with E-state index in [1.807, 2.05) is 7.05 Å². The molecule has 2 rings (SSSR count). The molecule has 0 aliphatic carbocycles. The van der Waals surface area contributed by atoms with Crippen LogP contribution in [0.2, 0.25) is 5.02 Å². The summed E-state index contributed by atoms with van der Waals surface area (Å²) in [4.78, 5) is 14.0. The van der Waals surface area contributed by atoms with Crippen molar-refractivity contribution in [3.05, 3.63) is 23.2 Å². The van der Waals surface area contributed by atoms with Crippen LogP contribution in [0.1, 0.15) is 0 Å². The summed E-state index contributed by atoms with van der Waals surface area (Å²) in [7, 11) is -1.87. The highest BCUT2D eigenvalue weighted by Gasteiger charge is 2.17. The molecule has 1 heterocycles. The maximum atomic E-state index is 12.0. The van der Waals surface area contributed by atoms with E-state index in [0.717, 1.165) is 13.1 Å². The standard InChI is InChI=1S/C14H21ClN4O4S/c1-19-4-5-23-9-10(8-19)7-17-14(20)18-13-6-11(24(16,21)22)2-3-12(13)15/h2-3,6,10H,4-5,7-9H2,1H3,(H2,16,21,22)(H2,17,18,20)/t10-/m0/s1. The van der Waals surface area contributed by atoms with Gasteiger partial charge >= 0.3 is 6.03 Å². The molecule has 1 aromatic carbocycles. The highest BCUT2D eigenvalue weighted by Crippen LogP contribution is 2.24. The summed E-state index contributed by atoms with van der Waals surface area (Å²) in [5, 5.41) is 10.6. The number of sulfonamides is 1. The molecule has 1 saturated heterocycles. The number of hydrogen-bond acceptors (Lipinski definition) is 5. The van der Waals surface area contributed by atoms with E-state index in [9.17, 15) is 13.2 Å². The minimum atomic E-state index is -3.87. The van der Waals surface area contributed by atoms with Gasteiger partial charge in [-0.3, -0.25) is 0 Å². The van der Waals surface area contributed by atoms with Crippen LogP contribution in [0.15, 0.2) is 23.1 Å². The first-order chi connectivity index (χ1) is 11.3. The Bertz CT molecular complexity index is 698. The maximum Gasteiger partial charge on any atom is 0.319 e. The Morgan fingerprint density at radius 1 is 1.50 bits per heavy atom. The number of carbonyl (C=O) groups excluding carboxylic acids is 1. The number of halogens is 1. The van der Waals surface area contributed by atoms with Gasteiger partial charge in [0.25, 0.3) is 0 Å². The van der Waals surface area contributed by atoms with Crippen LogP contribution in [-0.4, -0.2) is 59.2 Å². The maximum absolute atomic E-state index is 12.0. The molecule has 24 heavy (non-hydrogen) atoms. The summed E-state index contributed by atoms with van der Waals surface area (Å²) in [5.74, 6) is 0.175. The van der Waals surface area contributed by atoms with E-state index in [0.29, 0.717) is 19.8 Å². The Hall–Kier alpha value is -1.39. The predicted molar refractivity (Wildman–Crippen MR) is 91.7 cm³/mol. The predicted octanol–water partition coefficient (Wildman–Crippen LogP) is 0.687. The number of nitrogens with two attached hydrogens (primary N) is 1. The fraction of sp³-hybridized carbons (Fsp3) is 0.500. The molecule has 1 atom stereocenters. The van der Waals surface area contributed by atoms with Crippen LogP contribution in [0.5, 0.6) is 0 Å². The van der Waals surface area contributed by atoms with E-state index in [-0.39, 0.29) is 21.5 Å². The fourth-order valence-corrected chi connectivity index (χ4v) is 3.06. The van der Waals surface area contributed by atoms with Gasteiger partial charge in [-0.2, -0.15) is 0 Å². The molecule has 1 fully saturated rings. The Labute approximate surface area is 146 Å². The highest BCUT2D eigenvalue weighted by atomic mass is 35.5. The van der Waals surface area contributed by atoms with E-state index >= 15 is 0 Å². The largest absolute Gasteiger partial charge is 0.380 e. The smallest absolute Gasteiger partial charge is 0.319 e. The van der Waals surface area contributed by atoms with E-state index in [1.165, 1.54) is 18.2 Å². The summed E-state index contributed by atoms with van der Waals surface area (Å²) >= 11 is 5.98. The molecule has 0 aromatic heterocycles. The van der Waals surface area contributed by atoms with Crippen molar-refractivity contribution in [1.82, 2.24) is 10.2 Å². The van der Waals surface area contributed by atoms with Gasteiger partial charge in [-0.15, -0.1) is 0 Å². The second-order valence-electron chi connectivity index (χ2n) is 5.72. The number of ether oxygens (including phenoxy) is 1. The summed E-state index contributed by atoms with van der Waals surface area (Å²) in [6.07, 6.45) is 0. The van der Waals surface area contributed by atoms with Gasteiger partial charge in [0, 0.05) is 25.6 Å². The molecule has 1 aliphatic rings. The second-order valence-corrected chi connectivity index (χ2v) is 7.69. The zero-order valence-corrected chi connectivity index (χ0v) is 14.9. The molecule has 2 amide bonds. The molecule has 8 nitrogen and oxygen atoms in total. The van der Waals surface area contributed by atoms with Gasteiger partial charge in [0.1, 0.15) is 0 Å². The number of nitrogens with zero attached hydrogens (tertiary/aromatic N) is 1.